The number of thioether (sulfide) groups is 1. The summed E-state index contributed by atoms with van der Waals surface area (Å²) in [6, 6.07) is 10.7. The number of rotatable bonds is 4. The van der Waals surface area contributed by atoms with Gasteiger partial charge in [0, 0.05) is 23.6 Å². The summed E-state index contributed by atoms with van der Waals surface area (Å²) in [6.07, 6.45) is 4.53. The maximum Gasteiger partial charge on any atom is 0.161 e. The molecule has 0 amide bonds. The minimum Gasteiger partial charge on any atom is -0.294 e. The van der Waals surface area contributed by atoms with Gasteiger partial charge in [-0.25, -0.2) is 4.99 Å². The van der Waals surface area contributed by atoms with Gasteiger partial charge < -0.3 is 0 Å². The average Bonchev–Trinajstić information content (AvgIpc) is 2.62. The van der Waals surface area contributed by atoms with Crippen molar-refractivity contribution in [2.24, 2.45) is 10.9 Å². The van der Waals surface area contributed by atoms with E-state index in [0.717, 1.165) is 53.3 Å². The Balaban J connectivity index is 2.05. The smallest absolute Gasteiger partial charge is 0.161 e. The molecule has 0 saturated heterocycles. The molecule has 25 heavy (non-hydrogen) atoms. The summed E-state index contributed by atoms with van der Waals surface area (Å²) in [7, 11) is 0. The number of aryl methyl sites for hydroxylation is 1. The van der Waals surface area contributed by atoms with E-state index in [2.05, 4.69) is 44.2 Å². The van der Waals surface area contributed by atoms with E-state index in [0.29, 0.717) is 6.42 Å². The summed E-state index contributed by atoms with van der Waals surface area (Å²) >= 11 is 1.70. The highest BCUT2D eigenvalue weighted by Gasteiger charge is 2.40. The zero-order valence-electron chi connectivity index (χ0n) is 14.9. The maximum absolute atomic E-state index is 12.7. The summed E-state index contributed by atoms with van der Waals surface area (Å²) in [4.78, 5) is 17.5. The monoisotopic (exact) mass is 352 g/mol. The van der Waals surface area contributed by atoms with Crippen LogP contribution in [0.3, 0.4) is 0 Å². The SMILES string of the molecule is CCCCSC1=NC2=C(C(=O)CCC2)[C@@H](c2ccc(C)cc2)C1C#N. The van der Waals surface area contributed by atoms with Crippen molar-refractivity contribution in [3.05, 3.63) is 46.7 Å². The summed E-state index contributed by atoms with van der Waals surface area (Å²) in [5.74, 6) is 0.624. The summed E-state index contributed by atoms with van der Waals surface area (Å²) in [5, 5.41) is 10.8. The lowest BCUT2D eigenvalue weighted by molar-refractivity contribution is -0.116. The van der Waals surface area contributed by atoms with Crippen LogP contribution in [0.15, 0.2) is 40.5 Å². The van der Waals surface area contributed by atoms with Gasteiger partial charge in [-0.05, 0) is 37.5 Å². The Hall–Kier alpha value is -1.86. The first-order valence-corrected chi connectivity index (χ1v) is 10.1. The van der Waals surface area contributed by atoms with Crippen molar-refractivity contribution in [3.63, 3.8) is 0 Å². The Labute approximate surface area is 154 Å². The van der Waals surface area contributed by atoms with E-state index in [1.807, 2.05) is 0 Å². The molecule has 3 rings (SSSR count). The molecule has 2 aliphatic rings. The first kappa shape index (κ1) is 17.9. The van der Waals surface area contributed by atoms with Gasteiger partial charge in [0.05, 0.1) is 11.1 Å². The van der Waals surface area contributed by atoms with Crippen LogP contribution in [0.25, 0.3) is 0 Å². The van der Waals surface area contributed by atoms with Crippen LogP contribution in [-0.4, -0.2) is 16.6 Å². The van der Waals surface area contributed by atoms with E-state index in [1.54, 1.807) is 11.8 Å². The molecule has 1 heterocycles. The molecule has 0 N–H and O–H groups in total. The predicted octanol–water partition coefficient (Wildman–Crippen LogP) is 5.17. The third kappa shape index (κ3) is 3.72. The molecule has 0 bridgehead atoms. The number of hydrogen-bond acceptors (Lipinski definition) is 4. The highest BCUT2D eigenvalue weighted by molar-refractivity contribution is 8.14. The van der Waals surface area contributed by atoms with Gasteiger partial charge in [0.1, 0.15) is 5.92 Å². The van der Waals surface area contributed by atoms with Gasteiger partial charge in [0.15, 0.2) is 5.78 Å². The quantitative estimate of drug-likeness (QED) is 0.702. The molecular weight excluding hydrogens is 328 g/mol. The summed E-state index contributed by atoms with van der Waals surface area (Å²) in [5.41, 5.74) is 3.96. The van der Waals surface area contributed by atoms with E-state index in [1.165, 1.54) is 5.56 Å². The molecule has 0 fully saturated rings. The number of nitriles is 1. The number of carbonyl (C=O) groups is 1. The van der Waals surface area contributed by atoms with Crippen molar-refractivity contribution in [3.8, 4) is 6.07 Å². The highest BCUT2D eigenvalue weighted by atomic mass is 32.2. The van der Waals surface area contributed by atoms with Crippen LogP contribution < -0.4 is 0 Å². The summed E-state index contributed by atoms with van der Waals surface area (Å²) < 4.78 is 0. The fourth-order valence-electron chi connectivity index (χ4n) is 3.53. The number of Topliss-reactive ketones (excluding diaryl/α,β-unsaturated/α-hetero) is 1. The fraction of sp³-hybridized carbons (Fsp3) is 0.476. The van der Waals surface area contributed by atoms with Gasteiger partial charge in [-0.3, -0.25) is 4.79 Å². The first-order chi connectivity index (χ1) is 12.2. The molecule has 1 unspecified atom stereocenters. The molecule has 0 radical (unpaired) electrons. The van der Waals surface area contributed by atoms with Gasteiger partial charge in [-0.15, -0.1) is 11.8 Å². The Bertz CT molecular complexity index is 755. The van der Waals surface area contributed by atoms with Gasteiger partial charge in [-0.1, -0.05) is 43.2 Å². The molecule has 2 atom stereocenters. The van der Waals surface area contributed by atoms with Crippen molar-refractivity contribution in [1.29, 1.82) is 5.26 Å². The average molecular weight is 353 g/mol. The largest absolute Gasteiger partial charge is 0.294 e. The van der Waals surface area contributed by atoms with Gasteiger partial charge in [0.2, 0.25) is 0 Å². The van der Waals surface area contributed by atoms with Crippen LogP contribution in [0, 0.1) is 24.2 Å². The van der Waals surface area contributed by atoms with Gasteiger partial charge in [-0.2, -0.15) is 5.26 Å². The number of ketones is 1. The van der Waals surface area contributed by atoms with E-state index >= 15 is 0 Å². The molecule has 130 valence electrons. The third-order valence-corrected chi connectivity index (χ3v) is 6.04. The topological polar surface area (TPSA) is 53.2 Å². The zero-order chi connectivity index (χ0) is 17.8. The molecule has 0 aromatic heterocycles. The number of carbonyl (C=O) groups excluding carboxylic acids is 1. The van der Waals surface area contributed by atoms with Gasteiger partial charge >= 0.3 is 0 Å². The Kier molecular flexibility index (Phi) is 5.75. The number of unbranched alkanes of at least 4 members (excludes halogenated alkanes) is 1. The minimum atomic E-state index is -0.356. The lowest BCUT2D eigenvalue weighted by atomic mass is 9.74. The molecule has 1 aromatic carbocycles. The second kappa shape index (κ2) is 8.01. The van der Waals surface area contributed by atoms with Crippen molar-refractivity contribution < 1.29 is 4.79 Å². The second-order valence-electron chi connectivity index (χ2n) is 6.78. The molecule has 1 aliphatic carbocycles. The van der Waals surface area contributed by atoms with E-state index < -0.39 is 0 Å². The van der Waals surface area contributed by atoms with Crippen LogP contribution in [0.1, 0.15) is 56.1 Å². The van der Waals surface area contributed by atoms with Crippen molar-refractivity contribution in [1.82, 2.24) is 0 Å². The van der Waals surface area contributed by atoms with Crippen molar-refractivity contribution >= 4 is 22.6 Å². The normalized spacial score (nSPS) is 23.1. The van der Waals surface area contributed by atoms with Gasteiger partial charge in [0.25, 0.3) is 0 Å². The van der Waals surface area contributed by atoms with Crippen LogP contribution in [0.2, 0.25) is 0 Å². The Morgan fingerprint density at radius 3 is 2.72 bits per heavy atom. The third-order valence-electron chi connectivity index (χ3n) is 4.91. The van der Waals surface area contributed by atoms with Crippen LogP contribution in [-0.2, 0) is 4.79 Å². The molecule has 0 spiro atoms. The standard InChI is InChI=1S/C21H24N2OS/c1-3-4-12-25-21-16(13-22)19(15-10-8-14(2)9-11-15)20-17(23-21)6-5-7-18(20)24/h8-11,16,19H,3-7,12H2,1-2H3/t16?,19-/m0/s1. The molecule has 3 nitrogen and oxygen atoms in total. The van der Waals surface area contributed by atoms with Crippen LogP contribution in [0.4, 0.5) is 0 Å². The molecule has 1 aromatic rings. The zero-order valence-corrected chi connectivity index (χ0v) is 15.7. The molecule has 1 aliphatic heterocycles. The summed E-state index contributed by atoms with van der Waals surface area (Å²) in [6.45, 7) is 4.22. The predicted molar refractivity (Wildman–Crippen MR) is 104 cm³/mol. The van der Waals surface area contributed by atoms with Crippen molar-refractivity contribution in [2.75, 3.05) is 5.75 Å². The number of nitrogens with zero attached hydrogens (tertiary/aromatic N) is 2. The van der Waals surface area contributed by atoms with E-state index in [9.17, 15) is 10.1 Å². The fourth-order valence-corrected chi connectivity index (χ4v) is 4.72. The number of allylic oxidation sites excluding steroid dienone is 2. The molecule has 4 heteroatoms. The van der Waals surface area contributed by atoms with E-state index in [-0.39, 0.29) is 17.6 Å². The molecule has 0 saturated carbocycles. The molecular formula is C21H24N2OS. The highest BCUT2D eigenvalue weighted by Crippen LogP contribution is 2.44. The lowest BCUT2D eigenvalue weighted by Crippen LogP contribution is -2.30. The second-order valence-corrected chi connectivity index (χ2v) is 7.90. The number of aliphatic imine (C=N–C) groups is 1. The first-order valence-electron chi connectivity index (χ1n) is 9.09. The van der Waals surface area contributed by atoms with E-state index in [4.69, 9.17) is 4.99 Å². The van der Waals surface area contributed by atoms with Crippen LogP contribution in [0.5, 0.6) is 0 Å². The number of benzene rings is 1. The Morgan fingerprint density at radius 2 is 2.04 bits per heavy atom. The lowest BCUT2D eigenvalue weighted by Gasteiger charge is -2.33. The Morgan fingerprint density at radius 1 is 1.28 bits per heavy atom. The van der Waals surface area contributed by atoms with Crippen LogP contribution >= 0.6 is 11.8 Å². The minimum absolute atomic E-state index is 0.171. The number of hydrogen-bond donors (Lipinski definition) is 0. The maximum atomic E-state index is 12.7. The van der Waals surface area contributed by atoms with Crippen molar-refractivity contribution in [2.45, 2.75) is 51.9 Å².